The molecule has 0 aromatic rings. The first kappa shape index (κ1) is 56.1. The maximum absolute atomic E-state index is 12.7. The molecule has 6 heteroatoms. The maximum atomic E-state index is 12.7. The number of allylic oxidation sites excluding steroid dienone is 10. The molecule has 0 aromatic carbocycles. The molecule has 0 fully saturated rings. The number of ether oxygens (including phenoxy) is 3. The van der Waals surface area contributed by atoms with Crippen molar-refractivity contribution < 1.29 is 28.6 Å². The molecule has 1 unspecified atom stereocenters. The zero-order chi connectivity index (χ0) is 43.0. The van der Waals surface area contributed by atoms with Crippen molar-refractivity contribution in [1.29, 1.82) is 0 Å². The summed E-state index contributed by atoms with van der Waals surface area (Å²) in [6.07, 6.45) is 57.8. The van der Waals surface area contributed by atoms with E-state index in [1.807, 2.05) is 6.08 Å². The molecule has 0 N–H and O–H groups in total. The molecule has 6 nitrogen and oxygen atoms in total. The van der Waals surface area contributed by atoms with Crippen LogP contribution in [-0.2, 0) is 28.6 Å². The standard InChI is InChI=1S/C53H92O6/c1-4-7-10-13-16-19-22-25-26-27-29-31-34-37-40-43-46-52(55)58-49-50(48-57-51(54)45-42-39-36-33-30-24-21-18-15-12-9-6-3)59-53(56)47-44-41-38-35-32-28-23-20-17-14-11-8-5-2/h7,10,16,19,25-26,28,32,38,41,50H,4-6,8-9,11-15,17-18,20-24,27,29-31,33-37,39-40,42-49H2,1-3H3/b10-7-,19-16-,26-25-,32-28-,41-38-. The van der Waals surface area contributed by atoms with Crippen LogP contribution in [0.2, 0.25) is 0 Å². The molecule has 0 spiro atoms. The number of rotatable bonds is 44. The zero-order valence-electron chi connectivity index (χ0n) is 38.8. The Kier molecular flexibility index (Phi) is 45.4. The predicted octanol–water partition coefficient (Wildman–Crippen LogP) is 16.1. The molecule has 59 heavy (non-hydrogen) atoms. The van der Waals surface area contributed by atoms with E-state index in [-0.39, 0.29) is 37.5 Å². The third-order valence-corrected chi connectivity index (χ3v) is 10.5. The molecule has 0 rings (SSSR count). The van der Waals surface area contributed by atoms with E-state index in [2.05, 4.69) is 75.5 Å². The van der Waals surface area contributed by atoms with Crippen LogP contribution in [0, 0.1) is 0 Å². The Balaban J connectivity index is 4.45. The van der Waals surface area contributed by atoms with Crippen molar-refractivity contribution in [1.82, 2.24) is 0 Å². The SMILES string of the molecule is CC/C=C\C/C=C\C/C=C\CCCCCCCCC(=O)OCC(COC(=O)CCCCCCCCCCCCCC)OC(=O)CC/C=C\C/C=C\CCCCCCCC. The van der Waals surface area contributed by atoms with Gasteiger partial charge in [-0.2, -0.15) is 0 Å². The third-order valence-electron chi connectivity index (χ3n) is 10.5. The zero-order valence-corrected chi connectivity index (χ0v) is 38.8. The van der Waals surface area contributed by atoms with Gasteiger partial charge in [0.05, 0.1) is 0 Å². The summed E-state index contributed by atoms with van der Waals surface area (Å²) >= 11 is 0. The molecule has 0 bridgehead atoms. The molecular weight excluding hydrogens is 733 g/mol. The summed E-state index contributed by atoms with van der Waals surface area (Å²) < 4.78 is 16.7. The van der Waals surface area contributed by atoms with Gasteiger partial charge < -0.3 is 14.2 Å². The molecule has 0 saturated heterocycles. The topological polar surface area (TPSA) is 78.9 Å². The van der Waals surface area contributed by atoms with Crippen LogP contribution in [0.5, 0.6) is 0 Å². The van der Waals surface area contributed by atoms with Gasteiger partial charge in [0.25, 0.3) is 0 Å². The lowest BCUT2D eigenvalue weighted by atomic mass is 10.0. The highest BCUT2D eigenvalue weighted by atomic mass is 16.6. The van der Waals surface area contributed by atoms with Gasteiger partial charge in [-0.3, -0.25) is 14.4 Å². The summed E-state index contributed by atoms with van der Waals surface area (Å²) in [5.74, 6) is -0.979. The first-order chi connectivity index (χ1) is 29.0. The molecule has 0 aromatic heterocycles. The van der Waals surface area contributed by atoms with Gasteiger partial charge in [0, 0.05) is 19.3 Å². The second-order valence-electron chi connectivity index (χ2n) is 16.3. The number of hydrogen-bond acceptors (Lipinski definition) is 6. The predicted molar refractivity (Wildman–Crippen MR) is 251 cm³/mol. The summed E-state index contributed by atoms with van der Waals surface area (Å²) in [5.41, 5.74) is 0. The smallest absolute Gasteiger partial charge is 0.306 e. The van der Waals surface area contributed by atoms with Crippen molar-refractivity contribution in [3.63, 3.8) is 0 Å². The number of esters is 3. The molecule has 1 atom stereocenters. The number of carbonyl (C=O) groups is 3. The Labute approximate surface area is 364 Å². The van der Waals surface area contributed by atoms with Crippen LogP contribution in [0.3, 0.4) is 0 Å². The maximum Gasteiger partial charge on any atom is 0.306 e. The number of hydrogen-bond donors (Lipinski definition) is 0. The Bertz CT molecular complexity index is 1090. The van der Waals surface area contributed by atoms with Gasteiger partial charge in [0.15, 0.2) is 6.10 Å². The van der Waals surface area contributed by atoms with Crippen LogP contribution < -0.4 is 0 Å². The molecule has 340 valence electrons. The van der Waals surface area contributed by atoms with E-state index >= 15 is 0 Å². The monoisotopic (exact) mass is 825 g/mol. The Morgan fingerprint density at radius 1 is 0.356 bits per heavy atom. The summed E-state index contributed by atoms with van der Waals surface area (Å²) in [6.45, 7) is 6.45. The minimum Gasteiger partial charge on any atom is -0.462 e. The van der Waals surface area contributed by atoms with Gasteiger partial charge in [-0.25, -0.2) is 0 Å². The summed E-state index contributed by atoms with van der Waals surface area (Å²) in [5, 5.41) is 0. The Morgan fingerprint density at radius 3 is 1.10 bits per heavy atom. The van der Waals surface area contributed by atoms with E-state index in [1.165, 1.54) is 116 Å². The fraction of sp³-hybridized carbons (Fsp3) is 0.755. The Morgan fingerprint density at radius 2 is 0.695 bits per heavy atom. The molecule has 0 radical (unpaired) electrons. The van der Waals surface area contributed by atoms with E-state index in [4.69, 9.17) is 14.2 Å². The third kappa shape index (κ3) is 46.0. The van der Waals surface area contributed by atoms with E-state index < -0.39 is 6.10 Å². The molecule has 0 heterocycles. The van der Waals surface area contributed by atoms with Crippen LogP contribution in [0.1, 0.15) is 239 Å². The van der Waals surface area contributed by atoms with Gasteiger partial charge >= 0.3 is 17.9 Å². The highest BCUT2D eigenvalue weighted by Gasteiger charge is 2.19. The van der Waals surface area contributed by atoms with Crippen LogP contribution in [0.4, 0.5) is 0 Å². The van der Waals surface area contributed by atoms with Crippen molar-refractivity contribution in [3.8, 4) is 0 Å². The highest BCUT2D eigenvalue weighted by molar-refractivity contribution is 5.71. The van der Waals surface area contributed by atoms with E-state index in [1.54, 1.807) is 0 Å². The average molecular weight is 825 g/mol. The minimum absolute atomic E-state index is 0.0993. The second-order valence-corrected chi connectivity index (χ2v) is 16.3. The lowest BCUT2D eigenvalue weighted by molar-refractivity contribution is -0.166. The van der Waals surface area contributed by atoms with Crippen molar-refractivity contribution in [2.75, 3.05) is 13.2 Å². The van der Waals surface area contributed by atoms with Crippen molar-refractivity contribution in [3.05, 3.63) is 60.8 Å². The minimum atomic E-state index is -0.806. The summed E-state index contributed by atoms with van der Waals surface area (Å²) in [4.78, 5) is 37.8. The second kappa shape index (κ2) is 47.8. The number of carbonyl (C=O) groups excluding carboxylic acids is 3. The van der Waals surface area contributed by atoms with Crippen molar-refractivity contribution in [2.45, 2.75) is 245 Å². The number of unbranched alkanes of at least 4 members (excludes halogenated alkanes) is 23. The molecule has 0 aliphatic rings. The molecule has 0 aliphatic heterocycles. The normalized spacial score (nSPS) is 12.5. The summed E-state index contributed by atoms with van der Waals surface area (Å²) in [7, 11) is 0. The van der Waals surface area contributed by atoms with Gasteiger partial charge in [-0.05, 0) is 70.6 Å². The lowest BCUT2D eigenvalue weighted by Crippen LogP contribution is -2.30. The van der Waals surface area contributed by atoms with Gasteiger partial charge in [0.1, 0.15) is 13.2 Å². The van der Waals surface area contributed by atoms with Gasteiger partial charge in [-0.1, -0.05) is 210 Å². The largest absolute Gasteiger partial charge is 0.462 e. The fourth-order valence-electron chi connectivity index (χ4n) is 6.80. The molecule has 0 saturated carbocycles. The first-order valence-electron chi connectivity index (χ1n) is 24.8. The van der Waals surface area contributed by atoms with Crippen LogP contribution in [-0.4, -0.2) is 37.2 Å². The van der Waals surface area contributed by atoms with Crippen LogP contribution in [0.25, 0.3) is 0 Å². The van der Waals surface area contributed by atoms with Gasteiger partial charge in [0.2, 0.25) is 0 Å². The van der Waals surface area contributed by atoms with Gasteiger partial charge in [-0.15, -0.1) is 0 Å². The van der Waals surface area contributed by atoms with Crippen molar-refractivity contribution in [2.24, 2.45) is 0 Å². The average Bonchev–Trinajstić information content (AvgIpc) is 3.23. The fourth-order valence-corrected chi connectivity index (χ4v) is 6.80. The summed E-state index contributed by atoms with van der Waals surface area (Å²) in [6, 6.07) is 0. The lowest BCUT2D eigenvalue weighted by Gasteiger charge is -2.18. The van der Waals surface area contributed by atoms with Crippen LogP contribution >= 0.6 is 0 Å². The van der Waals surface area contributed by atoms with E-state index in [0.717, 1.165) is 77.0 Å². The van der Waals surface area contributed by atoms with E-state index in [0.29, 0.717) is 19.3 Å². The first-order valence-corrected chi connectivity index (χ1v) is 24.8. The Hall–Kier alpha value is -2.89. The van der Waals surface area contributed by atoms with Crippen molar-refractivity contribution >= 4 is 17.9 Å². The van der Waals surface area contributed by atoms with Crippen LogP contribution in [0.15, 0.2) is 60.8 Å². The highest BCUT2D eigenvalue weighted by Crippen LogP contribution is 2.14. The quantitative estimate of drug-likeness (QED) is 0.0263. The molecule has 0 amide bonds. The molecule has 0 aliphatic carbocycles. The molecular formula is C53H92O6. The van der Waals surface area contributed by atoms with E-state index in [9.17, 15) is 14.4 Å².